The average molecular weight is 354 g/mol. The first kappa shape index (κ1) is 18.5. The molecule has 2 aromatic rings. The number of guanidine groups is 1. The van der Waals surface area contributed by atoms with Crippen molar-refractivity contribution in [1.82, 2.24) is 15.5 Å². The maximum atomic E-state index is 5.38. The summed E-state index contributed by atoms with van der Waals surface area (Å²) in [6, 6.07) is 12.5. The second kappa shape index (κ2) is 10.0. The molecule has 1 fully saturated rings. The number of hydrogen-bond donors (Lipinski definition) is 2. The van der Waals surface area contributed by atoms with E-state index in [1.54, 1.807) is 6.26 Å². The third kappa shape index (κ3) is 5.63. The lowest BCUT2D eigenvalue weighted by molar-refractivity contribution is 0.220. The van der Waals surface area contributed by atoms with Crippen molar-refractivity contribution < 1.29 is 4.42 Å². The van der Waals surface area contributed by atoms with Crippen LogP contribution >= 0.6 is 0 Å². The molecule has 2 N–H and O–H groups in total. The van der Waals surface area contributed by atoms with Crippen molar-refractivity contribution in [2.45, 2.75) is 45.8 Å². The van der Waals surface area contributed by atoms with Crippen LogP contribution in [0.4, 0.5) is 0 Å². The number of nitrogens with zero attached hydrogens (tertiary/aromatic N) is 2. The van der Waals surface area contributed by atoms with E-state index in [4.69, 9.17) is 9.41 Å². The van der Waals surface area contributed by atoms with Crippen molar-refractivity contribution >= 4 is 5.96 Å². The fourth-order valence-electron chi connectivity index (χ4n) is 3.31. The predicted octanol–water partition coefficient (Wildman–Crippen LogP) is 3.52. The lowest BCUT2D eigenvalue weighted by atomic mass is 10.1. The summed E-state index contributed by atoms with van der Waals surface area (Å²) >= 11 is 0. The average Bonchev–Trinajstić information content (AvgIpc) is 3.19. The molecular formula is C21H30N4O. The predicted molar refractivity (Wildman–Crippen MR) is 106 cm³/mol. The zero-order valence-electron chi connectivity index (χ0n) is 15.7. The van der Waals surface area contributed by atoms with Gasteiger partial charge in [-0.2, -0.15) is 0 Å². The molecule has 3 rings (SSSR count). The minimum absolute atomic E-state index is 0.633. The van der Waals surface area contributed by atoms with Gasteiger partial charge >= 0.3 is 0 Å². The van der Waals surface area contributed by atoms with E-state index in [0.717, 1.165) is 24.8 Å². The zero-order chi connectivity index (χ0) is 18.0. The van der Waals surface area contributed by atoms with Crippen LogP contribution in [0.2, 0.25) is 0 Å². The lowest BCUT2D eigenvalue weighted by Crippen LogP contribution is -2.36. The molecule has 2 heterocycles. The highest BCUT2D eigenvalue weighted by Gasteiger charge is 2.12. The maximum absolute atomic E-state index is 5.38. The molecule has 0 radical (unpaired) electrons. The summed E-state index contributed by atoms with van der Waals surface area (Å²) in [7, 11) is 0. The van der Waals surface area contributed by atoms with Gasteiger partial charge in [0, 0.05) is 13.1 Å². The highest BCUT2D eigenvalue weighted by Crippen LogP contribution is 2.16. The Bertz CT molecular complexity index is 675. The lowest BCUT2D eigenvalue weighted by Gasteiger charge is -2.27. The molecule has 26 heavy (non-hydrogen) atoms. The summed E-state index contributed by atoms with van der Waals surface area (Å²) < 4.78 is 5.38. The fraction of sp³-hybridized carbons (Fsp3) is 0.476. The monoisotopic (exact) mass is 354 g/mol. The standard InChI is InChI=1S/C21H30N4O/c1-2-22-21(24-16-20-11-8-14-26-20)23-15-18-9-4-5-10-19(18)17-25-12-6-3-7-13-25/h4-5,8-11,14H,2-3,6-7,12-13,15-17H2,1H3,(H2,22,23,24). The van der Waals surface area contributed by atoms with E-state index in [9.17, 15) is 0 Å². The van der Waals surface area contributed by atoms with Crippen LogP contribution in [0, 0.1) is 0 Å². The topological polar surface area (TPSA) is 52.8 Å². The Morgan fingerprint density at radius 3 is 2.58 bits per heavy atom. The molecule has 0 amide bonds. The number of rotatable bonds is 7. The largest absolute Gasteiger partial charge is 0.467 e. The van der Waals surface area contributed by atoms with Gasteiger partial charge < -0.3 is 15.1 Å². The molecule has 0 saturated carbocycles. The van der Waals surface area contributed by atoms with Crippen molar-refractivity contribution in [3.63, 3.8) is 0 Å². The molecule has 1 aliphatic heterocycles. The Morgan fingerprint density at radius 1 is 1.04 bits per heavy atom. The van der Waals surface area contributed by atoms with Crippen LogP contribution in [0.25, 0.3) is 0 Å². The Hall–Kier alpha value is -2.27. The van der Waals surface area contributed by atoms with Gasteiger partial charge in [0.05, 0.1) is 19.4 Å². The minimum Gasteiger partial charge on any atom is -0.467 e. The van der Waals surface area contributed by atoms with Gasteiger partial charge in [-0.15, -0.1) is 0 Å². The Labute approximate surface area is 156 Å². The summed E-state index contributed by atoms with van der Waals surface area (Å²) in [6.45, 7) is 7.68. The molecule has 0 bridgehead atoms. The molecule has 0 unspecified atom stereocenters. The van der Waals surface area contributed by atoms with Crippen LogP contribution < -0.4 is 10.6 Å². The molecule has 1 saturated heterocycles. The van der Waals surface area contributed by atoms with Crippen LogP contribution in [0.15, 0.2) is 52.1 Å². The van der Waals surface area contributed by atoms with Crippen molar-refractivity contribution in [2.24, 2.45) is 4.99 Å². The summed E-state index contributed by atoms with van der Waals surface area (Å²) in [6.07, 6.45) is 5.71. The molecule has 1 aromatic heterocycles. The van der Waals surface area contributed by atoms with Crippen LogP contribution in [-0.2, 0) is 19.6 Å². The Morgan fingerprint density at radius 2 is 1.85 bits per heavy atom. The number of likely N-dealkylation sites (tertiary alicyclic amines) is 1. The normalized spacial score (nSPS) is 15.8. The van der Waals surface area contributed by atoms with Gasteiger partial charge in [0.25, 0.3) is 0 Å². The number of benzene rings is 1. The second-order valence-electron chi connectivity index (χ2n) is 6.73. The number of piperidine rings is 1. The van der Waals surface area contributed by atoms with Crippen LogP contribution in [0.5, 0.6) is 0 Å². The van der Waals surface area contributed by atoms with E-state index in [2.05, 4.69) is 46.7 Å². The third-order valence-corrected chi connectivity index (χ3v) is 4.72. The number of aliphatic imine (C=N–C) groups is 1. The third-order valence-electron chi connectivity index (χ3n) is 4.72. The van der Waals surface area contributed by atoms with E-state index in [-0.39, 0.29) is 0 Å². The van der Waals surface area contributed by atoms with Crippen LogP contribution in [0.1, 0.15) is 43.1 Å². The molecule has 5 heteroatoms. The smallest absolute Gasteiger partial charge is 0.191 e. The van der Waals surface area contributed by atoms with Gasteiger partial charge in [-0.05, 0) is 56.1 Å². The summed E-state index contributed by atoms with van der Waals surface area (Å²) in [5.74, 6) is 1.72. The van der Waals surface area contributed by atoms with Crippen molar-refractivity contribution in [3.05, 3.63) is 59.5 Å². The maximum Gasteiger partial charge on any atom is 0.191 e. The summed E-state index contributed by atoms with van der Waals surface area (Å²) in [5, 5.41) is 6.63. The zero-order valence-corrected chi connectivity index (χ0v) is 15.7. The second-order valence-corrected chi connectivity index (χ2v) is 6.73. The highest BCUT2D eigenvalue weighted by atomic mass is 16.3. The molecular weight excluding hydrogens is 324 g/mol. The molecule has 1 aliphatic rings. The van der Waals surface area contributed by atoms with Crippen molar-refractivity contribution in [2.75, 3.05) is 19.6 Å². The van der Waals surface area contributed by atoms with E-state index in [1.807, 2.05) is 12.1 Å². The van der Waals surface area contributed by atoms with Gasteiger partial charge in [0.15, 0.2) is 5.96 Å². The van der Waals surface area contributed by atoms with Gasteiger partial charge in [0.2, 0.25) is 0 Å². The molecule has 0 aliphatic carbocycles. The first-order valence-electron chi connectivity index (χ1n) is 9.69. The molecule has 5 nitrogen and oxygen atoms in total. The summed E-state index contributed by atoms with van der Waals surface area (Å²) in [4.78, 5) is 7.33. The van der Waals surface area contributed by atoms with Crippen LogP contribution in [-0.4, -0.2) is 30.5 Å². The fourth-order valence-corrected chi connectivity index (χ4v) is 3.31. The summed E-state index contributed by atoms with van der Waals surface area (Å²) in [5.41, 5.74) is 2.69. The van der Waals surface area contributed by atoms with Crippen molar-refractivity contribution in [3.8, 4) is 0 Å². The van der Waals surface area contributed by atoms with E-state index in [0.29, 0.717) is 13.1 Å². The van der Waals surface area contributed by atoms with Crippen molar-refractivity contribution in [1.29, 1.82) is 0 Å². The van der Waals surface area contributed by atoms with Crippen LogP contribution in [0.3, 0.4) is 0 Å². The van der Waals surface area contributed by atoms with Gasteiger partial charge in [0.1, 0.15) is 5.76 Å². The quantitative estimate of drug-likeness (QED) is 0.590. The molecule has 0 atom stereocenters. The first-order chi connectivity index (χ1) is 12.8. The van der Waals surface area contributed by atoms with E-state index in [1.165, 1.54) is 43.5 Å². The SMILES string of the molecule is CCNC(=NCc1ccccc1CN1CCCCC1)NCc1ccco1. The minimum atomic E-state index is 0.633. The highest BCUT2D eigenvalue weighted by molar-refractivity contribution is 5.79. The van der Waals surface area contributed by atoms with Gasteiger partial charge in [-0.1, -0.05) is 30.7 Å². The Balaban J connectivity index is 1.62. The molecule has 140 valence electrons. The number of nitrogens with one attached hydrogen (secondary N) is 2. The molecule has 1 aromatic carbocycles. The molecule has 0 spiro atoms. The first-order valence-corrected chi connectivity index (χ1v) is 9.69. The van der Waals surface area contributed by atoms with E-state index < -0.39 is 0 Å². The van der Waals surface area contributed by atoms with Gasteiger partial charge in [-0.25, -0.2) is 4.99 Å². The van der Waals surface area contributed by atoms with E-state index >= 15 is 0 Å². The number of hydrogen-bond acceptors (Lipinski definition) is 3. The number of furan rings is 1. The Kier molecular flexibility index (Phi) is 7.14. The van der Waals surface area contributed by atoms with Gasteiger partial charge in [-0.3, -0.25) is 4.90 Å².